The van der Waals surface area contributed by atoms with E-state index < -0.39 is 20.9 Å². The molecule has 2 aromatic rings. The predicted molar refractivity (Wildman–Crippen MR) is 114 cm³/mol. The Morgan fingerprint density at radius 2 is 1.97 bits per heavy atom. The molecule has 0 radical (unpaired) electrons. The van der Waals surface area contributed by atoms with Gasteiger partial charge in [0.25, 0.3) is 11.6 Å². The van der Waals surface area contributed by atoms with Crippen molar-refractivity contribution in [3.05, 3.63) is 62.7 Å². The van der Waals surface area contributed by atoms with Crippen LogP contribution >= 0.6 is 11.6 Å². The van der Waals surface area contributed by atoms with Crippen molar-refractivity contribution in [2.45, 2.75) is 44.0 Å². The molecule has 160 valence electrons. The summed E-state index contributed by atoms with van der Waals surface area (Å²) in [7, 11) is -3.73. The van der Waals surface area contributed by atoms with Gasteiger partial charge in [-0.1, -0.05) is 24.1 Å². The number of carbonyl (C=O) groups is 1. The monoisotopic (exact) mass is 451 g/mol. The van der Waals surface area contributed by atoms with Gasteiger partial charge in [-0.05, 0) is 56.5 Å². The molecule has 1 saturated heterocycles. The number of nitrogens with zero attached hydrogens (tertiary/aromatic N) is 2. The van der Waals surface area contributed by atoms with E-state index in [0.29, 0.717) is 12.1 Å². The van der Waals surface area contributed by atoms with E-state index in [2.05, 4.69) is 5.32 Å². The number of nitrogens with one attached hydrogen (secondary N) is 1. The Labute approximate surface area is 180 Å². The first-order valence-electron chi connectivity index (χ1n) is 9.49. The van der Waals surface area contributed by atoms with E-state index in [0.717, 1.165) is 25.3 Å². The minimum Gasteiger partial charge on any atom is -0.322 e. The van der Waals surface area contributed by atoms with Crippen molar-refractivity contribution in [3.63, 3.8) is 0 Å². The van der Waals surface area contributed by atoms with Crippen LogP contribution < -0.4 is 5.32 Å². The number of carbonyl (C=O) groups excluding carboxylic acids is 1. The number of hydrogen-bond donors (Lipinski definition) is 1. The van der Waals surface area contributed by atoms with E-state index in [9.17, 15) is 23.3 Å². The molecule has 0 bridgehead atoms. The number of amides is 1. The van der Waals surface area contributed by atoms with Crippen LogP contribution in [0.15, 0.2) is 41.3 Å². The lowest BCUT2D eigenvalue weighted by Gasteiger charge is -2.32. The highest BCUT2D eigenvalue weighted by atomic mass is 35.5. The summed E-state index contributed by atoms with van der Waals surface area (Å²) in [5, 5.41) is 13.6. The zero-order valence-corrected chi connectivity index (χ0v) is 18.2. The largest absolute Gasteiger partial charge is 0.322 e. The first kappa shape index (κ1) is 22.2. The smallest absolute Gasteiger partial charge is 0.289 e. The van der Waals surface area contributed by atoms with Crippen LogP contribution in [0.4, 0.5) is 11.4 Å². The highest BCUT2D eigenvalue weighted by Gasteiger charge is 2.31. The Morgan fingerprint density at radius 1 is 1.23 bits per heavy atom. The Bertz CT molecular complexity index is 1100. The Balaban J connectivity index is 1.91. The molecule has 1 aliphatic rings. The highest BCUT2D eigenvalue weighted by Crippen LogP contribution is 2.29. The second kappa shape index (κ2) is 8.71. The maximum absolute atomic E-state index is 13.1. The molecule has 1 atom stereocenters. The SMILES string of the molecule is Cc1ccc(S(=O)(=O)N2CCCCC2C)cc1C(=O)Nc1ccc(Cl)c([N+](=O)[O-])c1. The molecule has 0 saturated carbocycles. The Hall–Kier alpha value is -2.49. The summed E-state index contributed by atoms with van der Waals surface area (Å²) >= 11 is 5.80. The van der Waals surface area contributed by atoms with Crippen molar-refractivity contribution < 1.29 is 18.1 Å². The van der Waals surface area contributed by atoms with Gasteiger partial charge in [-0.3, -0.25) is 14.9 Å². The van der Waals surface area contributed by atoms with Gasteiger partial charge >= 0.3 is 0 Å². The number of benzene rings is 2. The number of piperidine rings is 1. The van der Waals surface area contributed by atoms with Gasteiger partial charge in [0, 0.05) is 29.9 Å². The summed E-state index contributed by atoms with van der Waals surface area (Å²) in [6, 6.07) is 8.25. The summed E-state index contributed by atoms with van der Waals surface area (Å²) in [6.07, 6.45) is 2.59. The molecule has 1 unspecified atom stereocenters. The van der Waals surface area contributed by atoms with E-state index in [-0.39, 0.29) is 32.9 Å². The molecule has 0 spiro atoms. The van der Waals surface area contributed by atoms with Gasteiger partial charge < -0.3 is 5.32 Å². The van der Waals surface area contributed by atoms with Gasteiger partial charge in [0.05, 0.1) is 9.82 Å². The lowest BCUT2D eigenvalue weighted by molar-refractivity contribution is -0.384. The minimum absolute atomic E-state index is 0.0436. The molecule has 3 rings (SSSR count). The molecule has 1 fully saturated rings. The van der Waals surface area contributed by atoms with E-state index >= 15 is 0 Å². The molecule has 0 aliphatic carbocycles. The van der Waals surface area contributed by atoms with Crippen molar-refractivity contribution in [1.29, 1.82) is 0 Å². The standard InChI is InChI=1S/C20H22ClN3O5S/c1-13-6-8-16(30(28,29)23-10-4-3-5-14(23)2)12-17(13)20(25)22-15-7-9-18(21)19(11-15)24(26)27/h6-9,11-12,14H,3-5,10H2,1-2H3,(H,22,25). The van der Waals surface area contributed by atoms with Crippen molar-refractivity contribution in [3.8, 4) is 0 Å². The third-order valence-electron chi connectivity index (χ3n) is 5.20. The van der Waals surface area contributed by atoms with Crippen LogP contribution in [0.3, 0.4) is 0 Å². The zero-order chi connectivity index (χ0) is 22.1. The molecule has 2 aromatic carbocycles. The summed E-state index contributed by atoms with van der Waals surface area (Å²) in [5.41, 5.74) is 0.620. The van der Waals surface area contributed by atoms with Gasteiger partial charge in [0.2, 0.25) is 10.0 Å². The second-order valence-electron chi connectivity index (χ2n) is 7.31. The van der Waals surface area contributed by atoms with Crippen molar-refractivity contribution in [2.24, 2.45) is 0 Å². The van der Waals surface area contributed by atoms with Crippen molar-refractivity contribution in [1.82, 2.24) is 4.31 Å². The van der Waals surface area contributed by atoms with Crippen LogP contribution in [-0.2, 0) is 10.0 Å². The summed E-state index contributed by atoms with van der Waals surface area (Å²) < 4.78 is 27.7. The molecule has 0 aromatic heterocycles. The Morgan fingerprint density at radius 3 is 2.63 bits per heavy atom. The van der Waals surface area contributed by atoms with Crippen LogP contribution in [-0.4, -0.2) is 36.1 Å². The third kappa shape index (κ3) is 4.48. The topological polar surface area (TPSA) is 110 Å². The summed E-state index contributed by atoms with van der Waals surface area (Å²) in [4.78, 5) is 23.3. The van der Waals surface area contributed by atoms with Crippen molar-refractivity contribution >= 4 is 38.9 Å². The number of anilines is 1. The van der Waals surface area contributed by atoms with Gasteiger partial charge in [0.1, 0.15) is 5.02 Å². The van der Waals surface area contributed by atoms with E-state index in [1.54, 1.807) is 13.0 Å². The van der Waals surface area contributed by atoms with Gasteiger partial charge in [-0.2, -0.15) is 4.31 Å². The highest BCUT2D eigenvalue weighted by molar-refractivity contribution is 7.89. The lowest BCUT2D eigenvalue weighted by atomic mass is 10.1. The quantitative estimate of drug-likeness (QED) is 0.536. The summed E-state index contributed by atoms with van der Waals surface area (Å²) in [5.74, 6) is -0.562. The van der Waals surface area contributed by atoms with Gasteiger partial charge in [-0.15, -0.1) is 0 Å². The van der Waals surface area contributed by atoms with Crippen molar-refractivity contribution in [2.75, 3.05) is 11.9 Å². The molecule has 8 nitrogen and oxygen atoms in total. The van der Waals surface area contributed by atoms with E-state index in [1.807, 2.05) is 6.92 Å². The van der Waals surface area contributed by atoms with Crippen LogP contribution in [0.25, 0.3) is 0 Å². The van der Waals surface area contributed by atoms with Crippen LogP contribution in [0.5, 0.6) is 0 Å². The lowest BCUT2D eigenvalue weighted by Crippen LogP contribution is -2.42. The number of rotatable bonds is 5. The number of hydrogen-bond acceptors (Lipinski definition) is 5. The average Bonchev–Trinajstić information content (AvgIpc) is 2.69. The minimum atomic E-state index is -3.73. The zero-order valence-electron chi connectivity index (χ0n) is 16.6. The van der Waals surface area contributed by atoms with Crippen LogP contribution in [0.1, 0.15) is 42.1 Å². The molecule has 10 heteroatoms. The van der Waals surface area contributed by atoms with Gasteiger partial charge in [0.15, 0.2) is 0 Å². The van der Waals surface area contributed by atoms with Crippen LogP contribution in [0, 0.1) is 17.0 Å². The maximum atomic E-state index is 13.1. The molecular weight excluding hydrogens is 430 g/mol. The summed E-state index contributed by atoms with van der Waals surface area (Å²) in [6.45, 7) is 4.03. The fraction of sp³-hybridized carbons (Fsp3) is 0.350. The molecule has 30 heavy (non-hydrogen) atoms. The Kier molecular flexibility index (Phi) is 6.44. The average molecular weight is 452 g/mol. The second-order valence-corrected chi connectivity index (χ2v) is 9.61. The first-order valence-corrected chi connectivity index (χ1v) is 11.3. The first-order chi connectivity index (χ1) is 14.1. The molecule has 1 N–H and O–H groups in total. The predicted octanol–water partition coefficient (Wildman–Crippen LogP) is 4.37. The number of nitro benzene ring substituents is 1. The molecule has 1 amide bonds. The van der Waals surface area contributed by atoms with E-state index in [1.165, 1.54) is 28.6 Å². The third-order valence-corrected chi connectivity index (χ3v) is 7.53. The van der Waals surface area contributed by atoms with Crippen LogP contribution in [0.2, 0.25) is 5.02 Å². The fourth-order valence-corrected chi connectivity index (χ4v) is 5.41. The number of sulfonamides is 1. The molecular formula is C20H22ClN3O5S. The van der Waals surface area contributed by atoms with E-state index in [4.69, 9.17) is 11.6 Å². The number of nitro groups is 1. The molecule has 1 aliphatic heterocycles. The molecule has 1 heterocycles. The maximum Gasteiger partial charge on any atom is 0.289 e. The number of halogens is 1. The fourth-order valence-electron chi connectivity index (χ4n) is 3.50. The van der Waals surface area contributed by atoms with Gasteiger partial charge in [-0.25, -0.2) is 8.42 Å². The normalized spacial score (nSPS) is 17.5. The number of aryl methyl sites for hydroxylation is 1.